The van der Waals surface area contributed by atoms with Crippen LogP contribution in [0.2, 0.25) is 0 Å². The lowest BCUT2D eigenvalue weighted by Crippen LogP contribution is -2.36. The van der Waals surface area contributed by atoms with Crippen LogP contribution < -0.4 is 4.90 Å². The van der Waals surface area contributed by atoms with E-state index in [0.717, 1.165) is 38.8 Å². The molecule has 1 aliphatic heterocycles. The van der Waals surface area contributed by atoms with Crippen molar-refractivity contribution >= 4 is 83.5 Å². The smallest absolute Gasteiger partial charge is 0.135 e. The first-order chi connectivity index (χ1) is 34.2. The molecule has 0 saturated heterocycles. The molecule has 5 heterocycles. The molecule has 5 heteroatoms. The molecule has 0 unspecified atom stereocenters. The molecule has 0 fully saturated rings. The monoisotopic (exact) mass is 914 g/mol. The first-order valence-electron chi connectivity index (χ1n) is 23.6. The quantitative estimate of drug-likeness (QED) is 0.175. The summed E-state index contributed by atoms with van der Waals surface area (Å²) >= 11 is 3.75. The van der Waals surface area contributed by atoms with Crippen molar-refractivity contribution in [3.63, 3.8) is 0 Å². The Balaban J connectivity index is 1.01. The zero-order valence-corrected chi connectivity index (χ0v) is 38.7. The van der Waals surface area contributed by atoms with Crippen LogP contribution in [0.25, 0.3) is 70.3 Å². The van der Waals surface area contributed by atoms with E-state index in [1.54, 1.807) is 0 Å². The summed E-state index contributed by atoms with van der Waals surface area (Å²) in [7, 11) is 0. The van der Waals surface area contributed by atoms with Gasteiger partial charge < -0.3 is 13.9 Å². The molecule has 3 aliphatic rings. The molecular formula is C64H38N2OS2. The van der Waals surface area contributed by atoms with Crippen LogP contribution in [0, 0.1) is 0 Å². The minimum Gasteiger partial charge on any atom is -0.456 e. The molecule has 1 spiro atoms. The molecular weight excluding hydrogens is 877 g/mol. The number of hydrogen-bond donors (Lipinski definition) is 0. The third-order valence-corrected chi connectivity index (χ3v) is 17.6. The first kappa shape index (κ1) is 37.8. The van der Waals surface area contributed by atoms with Gasteiger partial charge in [-0.05, 0) is 145 Å². The summed E-state index contributed by atoms with van der Waals surface area (Å²) < 4.78 is 8.73. The maximum atomic E-state index is 6.30. The standard InChI is InChI=1S/C64H38N2OS2/c1-3-15-39(16-4-1)63(40-17-5-2-6-18-40)49-22-10-7-19-43(49)46-37-54-58(38-53(46)63)66(57-25-13-11-23-50(57)64(54)51-31-33-68-61(51)62-52(64)32-34-69-62)41-27-29-56-47(35-41)44-20-8-12-24-55(44)65(56)42-28-30-60-48(36-42)45-21-9-14-26-59(45)67-60/h1-38H. The van der Waals surface area contributed by atoms with E-state index in [9.17, 15) is 0 Å². The van der Waals surface area contributed by atoms with E-state index in [4.69, 9.17) is 4.42 Å². The maximum Gasteiger partial charge on any atom is 0.135 e. The fraction of sp³-hybridized carbons (Fsp3) is 0.0312. The van der Waals surface area contributed by atoms with Crippen LogP contribution in [-0.4, -0.2) is 4.57 Å². The zero-order chi connectivity index (χ0) is 45.0. The lowest BCUT2D eigenvalue weighted by Gasteiger charge is -2.45. The molecule has 2 aliphatic carbocycles. The van der Waals surface area contributed by atoms with Crippen molar-refractivity contribution in [2.75, 3.05) is 4.90 Å². The largest absolute Gasteiger partial charge is 0.456 e. The van der Waals surface area contributed by atoms with E-state index in [-0.39, 0.29) is 0 Å². The van der Waals surface area contributed by atoms with Gasteiger partial charge >= 0.3 is 0 Å². The second kappa shape index (κ2) is 13.7. The first-order valence-corrected chi connectivity index (χ1v) is 25.4. The number of aromatic nitrogens is 1. The van der Waals surface area contributed by atoms with Crippen LogP contribution in [0.5, 0.6) is 0 Å². The van der Waals surface area contributed by atoms with E-state index in [1.807, 2.05) is 28.7 Å². The summed E-state index contributed by atoms with van der Waals surface area (Å²) in [4.78, 5) is 5.36. The predicted molar refractivity (Wildman–Crippen MR) is 287 cm³/mol. The van der Waals surface area contributed by atoms with Crippen molar-refractivity contribution in [2.45, 2.75) is 10.8 Å². The fourth-order valence-electron chi connectivity index (χ4n) is 13.0. The Bertz CT molecular complexity index is 4200. The van der Waals surface area contributed by atoms with Crippen LogP contribution >= 0.6 is 22.7 Å². The minimum absolute atomic E-state index is 0.516. The van der Waals surface area contributed by atoms with Gasteiger partial charge in [-0.25, -0.2) is 0 Å². The third-order valence-electron chi connectivity index (χ3n) is 15.6. The van der Waals surface area contributed by atoms with E-state index >= 15 is 0 Å². The second-order valence-electron chi connectivity index (χ2n) is 18.7. The summed E-state index contributed by atoms with van der Waals surface area (Å²) in [5.74, 6) is 0. The van der Waals surface area contributed by atoms with Gasteiger partial charge in [0.2, 0.25) is 0 Å². The number of hydrogen-bond acceptors (Lipinski definition) is 4. The molecule has 0 radical (unpaired) electrons. The van der Waals surface area contributed by atoms with Gasteiger partial charge in [0, 0.05) is 42.7 Å². The number of rotatable bonds is 4. The molecule has 322 valence electrons. The summed E-state index contributed by atoms with van der Waals surface area (Å²) in [5, 5.41) is 9.27. The van der Waals surface area contributed by atoms with Crippen LogP contribution in [-0.2, 0) is 10.8 Å². The van der Waals surface area contributed by atoms with Gasteiger partial charge in [-0.1, -0.05) is 140 Å². The topological polar surface area (TPSA) is 21.3 Å². The Hall–Kier alpha value is -8.22. The zero-order valence-electron chi connectivity index (χ0n) is 37.1. The average Bonchev–Trinajstić information content (AvgIpc) is 4.28. The fourth-order valence-corrected chi connectivity index (χ4v) is 15.1. The Morgan fingerprint density at radius 1 is 0.348 bits per heavy atom. The minimum atomic E-state index is -0.561. The van der Waals surface area contributed by atoms with Crippen LogP contribution in [0.4, 0.5) is 17.1 Å². The van der Waals surface area contributed by atoms with E-state index in [2.05, 4.69) is 233 Å². The van der Waals surface area contributed by atoms with E-state index < -0.39 is 10.8 Å². The van der Waals surface area contributed by atoms with Gasteiger partial charge in [0.1, 0.15) is 11.2 Å². The predicted octanol–water partition coefficient (Wildman–Crippen LogP) is 17.3. The highest BCUT2D eigenvalue weighted by Gasteiger charge is 2.55. The normalized spacial score (nSPS) is 14.6. The van der Waals surface area contributed by atoms with E-state index in [1.165, 1.54) is 93.1 Å². The number of anilines is 3. The van der Waals surface area contributed by atoms with Gasteiger partial charge in [0.25, 0.3) is 0 Å². The molecule has 3 nitrogen and oxygen atoms in total. The number of benzene rings is 9. The third kappa shape index (κ3) is 4.71. The second-order valence-corrected chi connectivity index (χ2v) is 20.5. The van der Waals surface area contributed by atoms with Crippen molar-refractivity contribution < 1.29 is 4.42 Å². The highest BCUT2D eigenvalue weighted by atomic mass is 32.1. The molecule has 16 rings (SSSR count). The lowest BCUT2D eigenvalue weighted by molar-refractivity contribution is 0.669. The van der Waals surface area contributed by atoms with Gasteiger partial charge in [0.15, 0.2) is 0 Å². The van der Waals surface area contributed by atoms with Crippen molar-refractivity contribution in [1.82, 2.24) is 4.57 Å². The molecule has 69 heavy (non-hydrogen) atoms. The number of nitrogens with zero attached hydrogens (tertiary/aromatic N) is 2. The van der Waals surface area contributed by atoms with Crippen LogP contribution in [0.15, 0.2) is 234 Å². The van der Waals surface area contributed by atoms with Gasteiger partial charge in [-0.15, -0.1) is 22.7 Å². The summed E-state index contributed by atoms with van der Waals surface area (Å²) in [6, 6.07) is 81.8. The molecule has 9 aromatic carbocycles. The summed E-state index contributed by atoms with van der Waals surface area (Å²) in [5.41, 5.74) is 20.8. The SMILES string of the molecule is c1ccc(C2(c3ccccc3)c3ccccc3-c3cc4c(cc32)N(c2ccc3c(c2)c2ccccc2n3-c2ccc3oc5ccccc5c3c2)c2ccccc2C42c3ccsc3-c3sccc32)cc1. The highest BCUT2D eigenvalue weighted by Crippen LogP contribution is 2.68. The van der Waals surface area contributed by atoms with Crippen molar-refractivity contribution in [2.24, 2.45) is 0 Å². The van der Waals surface area contributed by atoms with Gasteiger partial charge in [-0.2, -0.15) is 0 Å². The Labute approximate surface area is 406 Å². The van der Waals surface area contributed by atoms with Crippen molar-refractivity contribution in [3.05, 3.63) is 274 Å². The van der Waals surface area contributed by atoms with Crippen LogP contribution in [0.1, 0.15) is 44.5 Å². The average molecular weight is 915 g/mol. The molecule has 0 saturated carbocycles. The number of para-hydroxylation sites is 3. The Morgan fingerprint density at radius 2 is 0.957 bits per heavy atom. The number of fused-ring (bicyclic) bond motifs is 18. The Morgan fingerprint density at radius 3 is 1.74 bits per heavy atom. The molecule has 13 aromatic rings. The van der Waals surface area contributed by atoms with Gasteiger partial charge in [0.05, 0.1) is 33.2 Å². The van der Waals surface area contributed by atoms with Gasteiger partial charge in [-0.3, -0.25) is 0 Å². The molecule has 4 aromatic heterocycles. The number of thiophene rings is 2. The molecule has 0 amide bonds. The summed E-state index contributed by atoms with van der Waals surface area (Å²) in [6.45, 7) is 0. The maximum absolute atomic E-state index is 6.30. The van der Waals surface area contributed by atoms with E-state index in [0.29, 0.717) is 0 Å². The number of furan rings is 1. The van der Waals surface area contributed by atoms with Crippen molar-refractivity contribution in [1.29, 1.82) is 0 Å². The van der Waals surface area contributed by atoms with Crippen LogP contribution in [0.3, 0.4) is 0 Å². The molecule has 0 N–H and O–H groups in total. The molecule has 0 atom stereocenters. The Kier molecular flexibility index (Phi) is 7.51. The highest BCUT2D eigenvalue weighted by molar-refractivity contribution is 7.21. The summed E-state index contributed by atoms with van der Waals surface area (Å²) in [6.07, 6.45) is 0. The lowest BCUT2D eigenvalue weighted by atomic mass is 9.63. The molecule has 0 bridgehead atoms. The van der Waals surface area contributed by atoms with Crippen molar-refractivity contribution in [3.8, 4) is 26.6 Å².